The van der Waals surface area contributed by atoms with Crippen molar-refractivity contribution in [3.8, 4) is 0 Å². The average Bonchev–Trinajstić information content (AvgIpc) is 3.31. The fourth-order valence-electron chi connectivity index (χ4n) is 4.34. The minimum atomic E-state index is -2.85. The van der Waals surface area contributed by atoms with Crippen molar-refractivity contribution in [2.45, 2.75) is 32.0 Å². The van der Waals surface area contributed by atoms with Gasteiger partial charge >= 0.3 is 0 Å². The van der Waals surface area contributed by atoms with Crippen molar-refractivity contribution < 1.29 is 13.2 Å². The summed E-state index contributed by atoms with van der Waals surface area (Å²) in [5.74, 6) is 1.60. The second-order valence-corrected chi connectivity index (χ2v) is 9.80. The number of nitrogens with zero attached hydrogens (tertiary/aromatic N) is 2. The quantitative estimate of drug-likeness (QED) is 0.639. The highest BCUT2D eigenvalue weighted by molar-refractivity contribution is 7.91. The van der Waals surface area contributed by atoms with E-state index in [2.05, 4.69) is 41.4 Å². The van der Waals surface area contributed by atoms with Crippen LogP contribution in [0.4, 0.5) is 0 Å². The van der Waals surface area contributed by atoms with Crippen molar-refractivity contribution in [1.82, 2.24) is 10.2 Å². The normalized spacial score (nSPS) is 30.1. The molecule has 4 rings (SSSR count). The van der Waals surface area contributed by atoms with E-state index in [9.17, 15) is 8.42 Å². The fourth-order valence-corrected chi connectivity index (χ4v) is 6.19. The lowest BCUT2D eigenvalue weighted by Gasteiger charge is -2.26. The molecule has 2 atom stereocenters. The lowest BCUT2D eigenvalue weighted by Crippen LogP contribution is -2.42. The maximum atomic E-state index is 11.7. The highest BCUT2D eigenvalue weighted by atomic mass is 32.2. The van der Waals surface area contributed by atoms with Crippen LogP contribution >= 0.6 is 0 Å². The summed E-state index contributed by atoms with van der Waals surface area (Å²) < 4.78 is 29.6. The summed E-state index contributed by atoms with van der Waals surface area (Å²) in [6.45, 7) is 5.79. The molecular weight excluding hydrogens is 350 g/mol. The number of rotatable bonds is 3. The molecule has 26 heavy (non-hydrogen) atoms. The first-order valence-corrected chi connectivity index (χ1v) is 11.3. The van der Waals surface area contributed by atoms with E-state index in [1.165, 1.54) is 11.1 Å². The number of hydrogen-bond donors (Lipinski definition) is 1. The molecule has 1 aromatic carbocycles. The molecule has 0 saturated carbocycles. The van der Waals surface area contributed by atoms with Gasteiger partial charge in [0.2, 0.25) is 0 Å². The first kappa shape index (κ1) is 17.8. The molecule has 2 fully saturated rings. The van der Waals surface area contributed by atoms with Gasteiger partial charge in [0, 0.05) is 19.6 Å². The number of benzene rings is 1. The second kappa shape index (κ2) is 6.85. The molecule has 6 nitrogen and oxygen atoms in total. The summed E-state index contributed by atoms with van der Waals surface area (Å²) in [4.78, 5) is 7.02. The van der Waals surface area contributed by atoms with Crippen LogP contribution in [0.1, 0.15) is 30.9 Å². The van der Waals surface area contributed by atoms with Gasteiger partial charge in [-0.1, -0.05) is 24.3 Å². The van der Waals surface area contributed by atoms with E-state index in [0.717, 1.165) is 38.4 Å². The van der Waals surface area contributed by atoms with Crippen molar-refractivity contribution in [2.75, 3.05) is 37.7 Å². The third kappa shape index (κ3) is 3.34. The van der Waals surface area contributed by atoms with Gasteiger partial charge in [-0.2, -0.15) is 0 Å². The number of ether oxygens (including phenoxy) is 1. The molecule has 0 aromatic heterocycles. The highest BCUT2D eigenvalue weighted by Gasteiger charge is 2.46. The number of nitrogens with one attached hydrogen (secondary N) is 1. The molecule has 2 unspecified atom stereocenters. The Hall–Kier alpha value is -1.60. The first-order chi connectivity index (χ1) is 12.5. The number of guanidine groups is 1. The van der Waals surface area contributed by atoms with Crippen LogP contribution in [0.25, 0.3) is 0 Å². The minimum absolute atomic E-state index is 0.147. The summed E-state index contributed by atoms with van der Waals surface area (Å²) in [5.41, 5.74) is 2.36. The summed E-state index contributed by atoms with van der Waals surface area (Å²) in [6, 6.07) is 8.47. The number of sulfone groups is 1. The molecule has 2 saturated heterocycles. The van der Waals surface area contributed by atoms with Crippen molar-refractivity contribution in [3.05, 3.63) is 35.4 Å². The molecule has 1 N–H and O–H groups in total. The lowest BCUT2D eigenvalue weighted by molar-refractivity contribution is -0.0262. The molecule has 1 aromatic rings. The lowest BCUT2D eigenvalue weighted by atomic mass is 9.92. The molecule has 3 heterocycles. The Morgan fingerprint density at radius 3 is 3.04 bits per heavy atom. The van der Waals surface area contributed by atoms with E-state index in [1.54, 1.807) is 0 Å². The number of aliphatic imine (C=N–C) groups is 1. The van der Waals surface area contributed by atoms with E-state index in [1.807, 2.05) is 0 Å². The van der Waals surface area contributed by atoms with Gasteiger partial charge in [0.15, 0.2) is 15.8 Å². The van der Waals surface area contributed by atoms with Gasteiger partial charge in [-0.25, -0.2) is 8.42 Å². The number of fused-ring (bicyclic) bond motifs is 2. The molecule has 3 aliphatic rings. The van der Waals surface area contributed by atoms with E-state index < -0.39 is 9.84 Å². The van der Waals surface area contributed by atoms with Gasteiger partial charge in [0.05, 0.1) is 24.7 Å². The fraction of sp³-hybridized carbons (Fsp3) is 0.632. The Morgan fingerprint density at radius 1 is 1.42 bits per heavy atom. The van der Waals surface area contributed by atoms with Crippen LogP contribution in [0.15, 0.2) is 29.3 Å². The van der Waals surface area contributed by atoms with Crippen molar-refractivity contribution in [2.24, 2.45) is 10.9 Å². The zero-order valence-corrected chi connectivity index (χ0v) is 16.1. The van der Waals surface area contributed by atoms with Gasteiger partial charge in [-0.05, 0) is 36.8 Å². The summed E-state index contributed by atoms with van der Waals surface area (Å²) in [6.07, 6.45) is 1.68. The van der Waals surface area contributed by atoms with Crippen LogP contribution in [0, 0.1) is 5.92 Å². The first-order valence-electron chi connectivity index (χ1n) is 9.47. The third-order valence-electron chi connectivity index (χ3n) is 5.70. The SMILES string of the molecule is CCNC(=NCC1CCS(=O)(=O)C1)N1CCC2(C1)OCc1ccccc12. The topological polar surface area (TPSA) is 71.0 Å². The average molecular weight is 378 g/mol. The van der Waals surface area contributed by atoms with Crippen LogP contribution in [-0.2, 0) is 26.8 Å². The van der Waals surface area contributed by atoms with Crippen LogP contribution in [0.5, 0.6) is 0 Å². The van der Waals surface area contributed by atoms with Gasteiger partial charge in [0.25, 0.3) is 0 Å². The molecule has 3 aliphatic heterocycles. The summed E-state index contributed by atoms with van der Waals surface area (Å²) >= 11 is 0. The van der Waals surface area contributed by atoms with Gasteiger partial charge in [-0.15, -0.1) is 0 Å². The smallest absolute Gasteiger partial charge is 0.194 e. The van der Waals surface area contributed by atoms with Gasteiger partial charge < -0.3 is 15.0 Å². The monoisotopic (exact) mass is 377 g/mol. The van der Waals surface area contributed by atoms with Crippen LogP contribution in [0.2, 0.25) is 0 Å². The molecule has 142 valence electrons. The Balaban J connectivity index is 1.48. The summed E-state index contributed by atoms with van der Waals surface area (Å²) in [7, 11) is -2.85. The van der Waals surface area contributed by atoms with Crippen LogP contribution in [0.3, 0.4) is 0 Å². The predicted molar refractivity (Wildman–Crippen MR) is 102 cm³/mol. The standard InChI is InChI=1S/C19H27N3O3S/c1-2-20-18(21-11-15-7-10-26(23,24)13-15)22-9-8-19(14-22)17-6-4-3-5-16(17)12-25-19/h3-6,15H,2,7-14H2,1H3,(H,20,21). The highest BCUT2D eigenvalue weighted by Crippen LogP contribution is 2.43. The van der Waals surface area contributed by atoms with Crippen molar-refractivity contribution in [3.63, 3.8) is 0 Å². The molecule has 0 radical (unpaired) electrons. The minimum Gasteiger partial charge on any atom is -0.364 e. The van der Waals surface area contributed by atoms with E-state index in [-0.39, 0.29) is 17.3 Å². The van der Waals surface area contributed by atoms with Crippen molar-refractivity contribution >= 4 is 15.8 Å². The molecular formula is C19H27N3O3S. The largest absolute Gasteiger partial charge is 0.364 e. The number of hydrogen-bond acceptors (Lipinski definition) is 4. The van der Waals surface area contributed by atoms with E-state index in [4.69, 9.17) is 9.73 Å². The molecule has 0 aliphatic carbocycles. The Bertz CT molecular complexity index is 808. The van der Waals surface area contributed by atoms with Crippen LogP contribution in [-0.4, -0.2) is 57.0 Å². The zero-order valence-electron chi connectivity index (χ0n) is 15.3. The van der Waals surface area contributed by atoms with Gasteiger partial charge in [0.1, 0.15) is 5.60 Å². The Labute approximate surface area is 155 Å². The predicted octanol–water partition coefficient (Wildman–Crippen LogP) is 1.52. The Morgan fingerprint density at radius 2 is 2.27 bits per heavy atom. The second-order valence-electron chi connectivity index (χ2n) is 7.58. The van der Waals surface area contributed by atoms with Gasteiger partial charge in [-0.3, -0.25) is 4.99 Å². The van der Waals surface area contributed by atoms with E-state index in [0.29, 0.717) is 18.9 Å². The maximum Gasteiger partial charge on any atom is 0.194 e. The molecule has 0 bridgehead atoms. The third-order valence-corrected chi connectivity index (χ3v) is 7.54. The molecule has 0 amide bonds. The molecule has 1 spiro atoms. The van der Waals surface area contributed by atoms with Crippen LogP contribution < -0.4 is 5.32 Å². The Kier molecular flexibility index (Phi) is 4.69. The van der Waals surface area contributed by atoms with Crippen molar-refractivity contribution in [1.29, 1.82) is 0 Å². The molecule has 7 heteroatoms. The summed E-state index contributed by atoms with van der Waals surface area (Å²) in [5, 5.41) is 3.37. The zero-order chi connectivity index (χ0) is 18.2. The maximum absolute atomic E-state index is 11.7. The van der Waals surface area contributed by atoms with E-state index >= 15 is 0 Å². The number of likely N-dealkylation sites (tertiary alicyclic amines) is 1.